The molecule has 0 saturated heterocycles. The number of thiophene rings is 1. The van der Waals surface area contributed by atoms with Gasteiger partial charge in [0, 0.05) is 40.0 Å². The monoisotopic (exact) mass is 448 g/mol. The zero-order chi connectivity index (χ0) is 22.7. The van der Waals surface area contributed by atoms with Crippen LogP contribution in [0.4, 0.5) is 5.69 Å². The van der Waals surface area contributed by atoms with Crippen LogP contribution in [0.15, 0.2) is 70.8 Å². The van der Waals surface area contributed by atoms with Gasteiger partial charge in [0.2, 0.25) is 0 Å². The molecule has 0 aliphatic carbocycles. The highest BCUT2D eigenvalue weighted by Gasteiger charge is 2.20. The molecule has 0 saturated carbocycles. The van der Waals surface area contributed by atoms with Gasteiger partial charge in [-0.1, -0.05) is 58.0 Å². The summed E-state index contributed by atoms with van der Waals surface area (Å²) < 4.78 is 1.34. The van der Waals surface area contributed by atoms with Crippen LogP contribution in [0.3, 0.4) is 0 Å². The standard InChI is InChI=1S/C30H28N2S/c1-17(2)27-12-23(16-31-27)19-5-6-22-14-30(33-29(22)13-19)21-7-9-24-20(11-21)8-10-26-25(24)15-28(32-26)18(3)4/h5-11,13-14,16-18H,12,15H2,1-4H3. The van der Waals surface area contributed by atoms with E-state index in [-0.39, 0.29) is 0 Å². The smallest absolute Gasteiger partial charge is 0.0671 e. The van der Waals surface area contributed by atoms with Crippen molar-refractivity contribution in [3.05, 3.63) is 71.9 Å². The molecule has 33 heavy (non-hydrogen) atoms. The van der Waals surface area contributed by atoms with E-state index in [1.54, 1.807) is 0 Å². The van der Waals surface area contributed by atoms with Gasteiger partial charge in [0.25, 0.3) is 0 Å². The summed E-state index contributed by atoms with van der Waals surface area (Å²) in [6.45, 7) is 8.91. The van der Waals surface area contributed by atoms with Crippen LogP contribution >= 0.6 is 11.3 Å². The molecular weight excluding hydrogens is 420 g/mol. The molecule has 2 aliphatic rings. The van der Waals surface area contributed by atoms with Gasteiger partial charge in [-0.15, -0.1) is 11.3 Å². The fourth-order valence-electron chi connectivity index (χ4n) is 4.89. The maximum Gasteiger partial charge on any atom is 0.0671 e. The highest BCUT2D eigenvalue weighted by molar-refractivity contribution is 7.22. The highest BCUT2D eigenvalue weighted by Crippen LogP contribution is 2.40. The summed E-state index contributed by atoms with van der Waals surface area (Å²) in [4.78, 5) is 10.8. The summed E-state index contributed by atoms with van der Waals surface area (Å²) in [5.41, 5.74) is 9.04. The molecule has 3 heteroatoms. The minimum Gasteiger partial charge on any atom is -0.265 e. The molecule has 2 nitrogen and oxygen atoms in total. The lowest BCUT2D eigenvalue weighted by Gasteiger charge is -2.07. The van der Waals surface area contributed by atoms with E-state index in [0.29, 0.717) is 11.8 Å². The third kappa shape index (κ3) is 3.55. The second-order valence-electron chi connectivity index (χ2n) is 9.90. The normalized spacial score (nSPS) is 15.5. The van der Waals surface area contributed by atoms with Crippen LogP contribution < -0.4 is 0 Å². The summed E-state index contributed by atoms with van der Waals surface area (Å²) in [6.07, 6.45) is 4.01. The Kier molecular flexibility index (Phi) is 4.84. The average Bonchev–Trinajstić information content (AvgIpc) is 3.55. The van der Waals surface area contributed by atoms with Gasteiger partial charge in [0.1, 0.15) is 0 Å². The molecule has 4 aromatic rings. The van der Waals surface area contributed by atoms with Crippen LogP contribution in [0.2, 0.25) is 0 Å². The molecule has 3 heterocycles. The molecule has 0 N–H and O–H groups in total. The predicted octanol–water partition coefficient (Wildman–Crippen LogP) is 8.85. The molecule has 6 rings (SSSR count). The fraction of sp³-hybridized carbons (Fsp3) is 0.267. The largest absolute Gasteiger partial charge is 0.265 e. The SMILES string of the molecule is CC(C)C1=NC=C(c2ccc3cc(-c4ccc5c6c(ccc5c4)N=C(C(C)C)C6)sc3c2)C1. The van der Waals surface area contributed by atoms with E-state index in [9.17, 15) is 0 Å². The molecule has 0 amide bonds. The Hall–Kier alpha value is -3.04. The van der Waals surface area contributed by atoms with Crippen molar-refractivity contribution in [2.75, 3.05) is 0 Å². The fourth-order valence-corrected chi connectivity index (χ4v) is 5.98. The summed E-state index contributed by atoms with van der Waals surface area (Å²) in [5.74, 6) is 1.01. The van der Waals surface area contributed by atoms with Crippen LogP contribution in [-0.4, -0.2) is 11.4 Å². The van der Waals surface area contributed by atoms with Gasteiger partial charge in [0.05, 0.1) is 5.69 Å². The summed E-state index contributed by atoms with van der Waals surface area (Å²) in [5, 5.41) is 3.96. The van der Waals surface area contributed by atoms with Crippen molar-refractivity contribution < 1.29 is 0 Å². The van der Waals surface area contributed by atoms with Gasteiger partial charge in [-0.2, -0.15) is 0 Å². The Morgan fingerprint density at radius 2 is 1.55 bits per heavy atom. The molecule has 0 unspecified atom stereocenters. The summed E-state index contributed by atoms with van der Waals surface area (Å²) in [7, 11) is 0. The van der Waals surface area contributed by atoms with E-state index in [1.165, 1.54) is 59.4 Å². The maximum absolute atomic E-state index is 4.87. The van der Waals surface area contributed by atoms with Gasteiger partial charge in [-0.3, -0.25) is 9.98 Å². The van der Waals surface area contributed by atoms with Crippen LogP contribution in [-0.2, 0) is 6.42 Å². The topological polar surface area (TPSA) is 24.7 Å². The number of benzene rings is 3. The van der Waals surface area contributed by atoms with Gasteiger partial charge in [-0.05, 0) is 74.5 Å². The first-order valence-corrected chi connectivity index (χ1v) is 12.7. The minimum atomic E-state index is 0.499. The van der Waals surface area contributed by atoms with Crippen molar-refractivity contribution in [3.8, 4) is 10.4 Å². The number of allylic oxidation sites excluding steroid dienone is 1. The number of aliphatic imine (C=N–C) groups is 2. The van der Waals surface area contributed by atoms with Gasteiger partial charge in [0.15, 0.2) is 0 Å². The van der Waals surface area contributed by atoms with Gasteiger partial charge in [-0.25, -0.2) is 0 Å². The number of hydrogen-bond acceptors (Lipinski definition) is 3. The Morgan fingerprint density at radius 1 is 0.758 bits per heavy atom. The third-order valence-electron chi connectivity index (χ3n) is 6.99. The average molecular weight is 449 g/mol. The van der Waals surface area contributed by atoms with Crippen molar-refractivity contribution in [2.45, 2.75) is 40.5 Å². The van der Waals surface area contributed by atoms with Gasteiger partial charge >= 0.3 is 0 Å². The van der Waals surface area contributed by atoms with Gasteiger partial charge < -0.3 is 0 Å². The molecule has 0 bridgehead atoms. The molecule has 1 aromatic heterocycles. The second kappa shape index (κ2) is 7.78. The van der Waals surface area contributed by atoms with E-state index in [2.05, 4.69) is 93.5 Å². The minimum absolute atomic E-state index is 0.499. The third-order valence-corrected chi connectivity index (χ3v) is 8.14. The first kappa shape index (κ1) is 20.6. The quantitative estimate of drug-likeness (QED) is 0.298. The Balaban J connectivity index is 1.32. The lowest BCUT2D eigenvalue weighted by molar-refractivity contribution is 0.872. The molecule has 3 aromatic carbocycles. The van der Waals surface area contributed by atoms with E-state index in [1.807, 2.05) is 11.3 Å². The molecule has 0 spiro atoms. The Bertz CT molecular complexity index is 1510. The number of hydrogen-bond donors (Lipinski definition) is 0. The van der Waals surface area contributed by atoms with Crippen molar-refractivity contribution >= 4 is 54.9 Å². The van der Waals surface area contributed by atoms with E-state index < -0.39 is 0 Å². The second-order valence-corrected chi connectivity index (χ2v) is 11.0. The molecule has 2 aliphatic heterocycles. The highest BCUT2D eigenvalue weighted by atomic mass is 32.1. The first-order chi connectivity index (χ1) is 16.0. The summed E-state index contributed by atoms with van der Waals surface area (Å²) in [6, 6.07) is 20.5. The van der Waals surface area contributed by atoms with Crippen molar-refractivity contribution in [1.82, 2.24) is 0 Å². The van der Waals surface area contributed by atoms with E-state index in [4.69, 9.17) is 4.99 Å². The van der Waals surface area contributed by atoms with Crippen molar-refractivity contribution in [3.63, 3.8) is 0 Å². The number of fused-ring (bicyclic) bond motifs is 4. The molecule has 0 radical (unpaired) electrons. The van der Waals surface area contributed by atoms with E-state index in [0.717, 1.165) is 18.5 Å². The molecule has 0 fully saturated rings. The van der Waals surface area contributed by atoms with Crippen LogP contribution in [0.1, 0.15) is 45.2 Å². The van der Waals surface area contributed by atoms with Crippen LogP contribution in [0.5, 0.6) is 0 Å². The lowest BCUT2D eigenvalue weighted by Crippen LogP contribution is -2.06. The van der Waals surface area contributed by atoms with Crippen molar-refractivity contribution in [1.29, 1.82) is 0 Å². The molecular formula is C30H28N2S. The maximum atomic E-state index is 4.87. The molecule has 0 atom stereocenters. The van der Waals surface area contributed by atoms with Crippen LogP contribution in [0, 0.1) is 11.8 Å². The van der Waals surface area contributed by atoms with Crippen LogP contribution in [0.25, 0.3) is 36.9 Å². The Morgan fingerprint density at radius 3 is 2.33 bits per heavy atom. The van der Waals surface area contributed by atoms with Crippen molar-refractivity contribution in [2.24, 2.45) is 21.8 Å². The zero-order valence-corrected chi connectivity index (χ0v) is 20.5. The first-order valence-electron chi connectivity index (χ1n) is 11.9. The predicted molar refractivity (Wildman–Crippen MR) is 145 cm³/mol. The number of rotatable bonds is 4. The zero-order valence-electron chi connectivity index (χ0n) is 19.6. The van der Waals surface area contributed by atoms with E-state index >= 15 is 0 Å². The summed E-state index contributed by atoms with van der Waals surface area (Å²) >= 11 is 1.88. The Labute approximate surface area is 199 Å². The lowest BCUT2D eigenvalue weighted by atomic mass is 9.96. The molecule has 164 valence electrons. The number of nitrogens with zero attached hydrogens (tertiary/aromatic N) is 2.